The lowest BCUT2D eigenvalue weighted by molar-refractivity contribution is -0.120. The van der Waals surface area contributed by atoms with Crippen LogP contribution in [0.15, 0.2) is 63.8 Å². The number of aromatic nitrogens is 2. The Morgan fingerprint density at radius 2 is 1.91 bits per heavy atom. The molecule has 1 amide bonds. The summed E-state index contributed by atoms with van der Waals surface area (Å²) >= 11 is 2.89. The van der Waals surface area contributed by atoms with Crippen LogP contribution in [0.3, 0.4) is 0 Å². The summed E-state index contributed by atoms with van der Waals surface area (Å²) in [5.41, 5.74) is 2.19. The Morgan fingerprint density at radius 1 is 1.16 bits per heavy atom. The molecule has 7 nitrogen and oxygen atoms in total. The van der Waals surface area contributed by atoms with Crippen LogP contribution in [0.4, 0.5) is 5.13 Å². The molecule has 0 saturated carbocycles. The van der Waals surface area contributed by atoms with Gasteiger partial charge in [0.05, 0.1) is 10.8 Å². The normalized spacial score (nSPS) is 17.2. The number of piperidine rings is 1. The molecule has 1 aliphatic rings. The second-order valence-corrected chi connectivity index (χ2v) is 11.8. The quantitative estimate of drug-likeness (QED) is 0.396. The molecule has 1 N–H and O–H groups in total. The molecule has 1 aromatic heterocycles. The van der Waals surface area contributed by atoms with E-state index in [0.29, 0.717) is 24.5 Å². The Morgan fingerprint density at radius 3 is 2.66 bits per heavy atom. The van der Waals surface area contributed by atoms with Crippen molar-refractivity contribution in [1.82, 2.24) is 14.5 Å². The maximum absolute atomic E-state index is 13.0. The number of nitrogens with one attached hydrogen (secondary N) is 1. The minimum atomic E-state index is -3.62. The number of aryl methyl sites for hydroxylation is 1. The highest BCUT2D eigenvalue weighted by atomic mass is 32.2. The summed E-state index contributed by atoms with van der Waals surface area (Å²) in [6, 6.07) is 16.9. The van der Waals surface area contributed by atoms with Crippen molar-refractivity contribution in [3.63, 3.8) is 0 Å². The Hall–Kier alpha value is -2.27. The molecular formula is C22H24N4O3S3. The smallest absolute Gasteiger partial charge is 0.243 e. The van der Waals surface area contributed by atoms with Gasteiger partial charge < -0.3 is 5.32 Å². The highest BCUT2D eigenvalue weighted by Crippen LogP contribution is 2.29. The summed E-state index contributed by atoms with van der Waals surface area (Å²) in [6.07, 6.45) is 1.28. The Labute approximate surface area is 196 Å². The van der Waals surface area contributed by atoms with Crippen LogP contribution < -0.4 is 5.32 Å². The van der Waals surface area contributed by atoms with Gasteiger partial charge in [-0.2, -0.15) is 4.31 Å². The van der Waals surface area contributed by atoms with E-state index in [1.807, 2.05) is 25.1 Å². The van der Waals surface area contributed by atoms with Crippen molar-refractivity contribution in [2.45, 2.75) is 34.8 Å². The van der Waals surface area contributed by atoms with Gasteiger partial charge in [-0.25, -0.2) is 8.42 Å². The first-order chi connectivity index (χ1) is 15.4. The van der Waals surface area contributed by atoms with Gasteiger partial charge in [0, 0.05) is 18.8 Å². The van der Waals surface area contributed by atoms with Crippen LogP contribution in [0, 0.1) is 12.8 Å². The zero-order valence-electron chi connectivity index (χ0n) is 17.6. The van der Waals surface area contributed by atoms with Gasteiger partial charge in [0.2, 0.25) is 21.1 Å². The molecule has 2 aromatic carbocycles. The second kappa shape index (κ2) is 10.1. The number of rotatable bonds is 7. The molecule has 0 bridgehead atoms. The van der Waals surface area contributed by atoms with E-state index in [4.69, 9.17) is 0 Å². The van der Waals surface area contributed by atoms with Crippen molar-refractivity contribution < 1.29 is 13.2 Å². The van der Waals surface area contributed by atoms with Crippen molar-refractivity contribution in [2.75, 3.05) is 18.4 Å². The van der Waals surface area contributed by atoms with Gasteiger partial charge in [-0.15, -0.1) is 10.2 Å². The van der Waals surface area contributed by atoms with E-state index < -0.39 is 15.9 Å². The summed E-state index contributed by atoms with van der Waals surface area (Å²) in [6.45, 7) is 2.49. The van der Waals surface area contributed by atoms with Gasteiger partial charge in [0.25, 0.3) is 0 Å². The van der Waals surface area contributed by atoms with Gasteiger partial charge in [0.1, 0.15) is 0 Å². The number of hydrogen-bond acceptors (Lipinski definition) is 7. The molecule has 0 unspecified atom stereocenters. The molecule has 1 saturated heterocycles. The number of anilines is 1. The maximum atomic E-state index is 13.0. The fourth-order valence-corrected chi connectivity index (χ4v) is 6.71. The molecule has 4 rings (SSSR count). The topological polar surface area (TPSA) is 92.3 Å². The maximum Gasteiger partial charge on any atom is 0.243 e. The zero-order valence-corrected chi connectivity index (χ0v) is 20.0. The third kappa shape index (κ3) is 5.55. The molecule has 10 heteroatoms. The lowest BCUT2D eigenvalue weighted by Crippen LogP contribution is -2.43. The van der Waals surface area contributed by atoms with E-state index in [0.717, 1.165) is 15.7 Å². The first-order valence-electron chi connectivity index (χ1n) is 10.3. The van der Waals surface area contributed by atoms with E-state index in [9.17, 15) is 13.2 Å². The number of benzene rings is 2. The summed E-state index contributed by atoms with van der Waals surface area (Å²) in [4.78, 5) is 13.1. The fourth-order valence-electron chi connectivity index (χ4n) is 3.48. The molecule has 0 radical (unpaired) electrons. The molecule has 1 fully saturated rings. The van der Waals surface area contributed by atoms with E-state index in [1.54, 1.807) is 36.0 Å². The van der Waals surface area contributed by atoms with Gasteiger partial charge >= 0.3 is 0 Å². The first kappa shape index (κ1) is 22.9. The monoisotopic (exact) mass is 488 g/mol. The molecule has 168 valence electrons. The van der Waals surface area contributed by atoms with Crippen LogP contribution in [-0.2, 0) is 20.6 Å². The van der Waals surface area contributed by atoms with Gasteiger partial charge in [-0.3, -0.25) is 4.79 Å². The van der Waals surface area contributed by atoms with Gasteiger partial charge in [-0.05, 0) is 37.5 Å². The highest BCUT2D eigenvalue weighted by Gasteiger charge is 2.33. The predicted molar refractivity (Wildman–Crippen MR) is 127 cm³/mol. The van der Waals surface area contributed by atoms with Crippen molar-refractivity contribution in [2.24, 2.45) is 5.92 Å². The minimum absolute atomic E-state index is 0.163. The molecule has 2 heterocycles. The van der Waals surface area contributed by atoms with E-state index in [1.165, 1.54) is 21.2 Å². The zero-order chi connectivity index (χ0) is 22.6. The van der Waals surface area contributed by atoms with Crippen molar-refractivity contribution >= 4 is 44.2 Å². The number of nitrogens with zero attached hydrogens (tertiary/aromatic N) is 3. The largest absolute Gasteiger partial charge is 0.300 e. The first-order valence-corrected chi connectivity index (χ1v) is 13.5. The number of amides is 1. The van der Waals surface area contributed by atoms with E-state index in [-0.39, 0.29) is 17.3 Å². The van der Waals surface area contributed by atoms with Gasteiger partial charge in [-0.1, -0.05) is 71.1 Å². The molecule has 3 aromatic rings. The standard InChI is InChI=1S/C22H24N4O3S3/c1-16-9-11-19(12-10-16)32(28,29)26-13-5-8-18(14-26)20(27)23-21-24-25-22(31-21)30-15-17-6-3-2-4-7-17/h2-4,6-7,9-12,18H,5,8,13-15H2,1H3,(H,23,24,27)/t18-/m1/s1. The Balaban J connectivity index is 1.35. The number of carbonyl (C=O) groups is 1. The molecule has 0 aliphatic carbocycles. The SMILES string of the molecule is Cc1ccc(S(=O)(=O)N2CCC[C@@H](C(=O)Nc3nnc(SCc4ccccc4)s3)C2)cc1. The minimum Gasteiger partial charge on any atom is -0.300 e. The fraction of sp³-hybridized carbons (Fsp3) is 0.318. The number of carbonyl (C=O) groups excluding carboxylic acids is 1. The Bertz CT molecular complexity index is 1160. The van der Waals surface area contributed by atoms with E-state index in [2.05, 4.69) is 27.6 Å². The van der Waals surface area contributed by atoms with Crippen LogP contribution >= 0.6 is 23.1 Å². The number of sulfonamides is 1. The van der Waals surface area contributed by atoms with Crippen molar-refractivity contribution in [3.05, 3.63) is 65.7 Å². The van der Waals surface area contributed by atoms with Gasteiger partial charge in [0.15, 0.2) is 4.34 Å². The molecular weight excluding hydrogens is 464 g/mol. The summed E-state index contributed by atoms with van der Waals surface area (Å²) in [5, 5.41) is 11.5. The Kier molecular flexibility index (Phi) is 7.24. The molecule has 0 spiro atoms. The average molecular weight is 489 g/mol. The highest BCUT2D eigenvalue weighted by molar-refractivity contribution is 8.00. The number of thioether (sulfide) groups is 1. The van der Waals surface area contributed by atoms with Crippen LogP contribution in [0.25, 0.3) is 0 Å². The third-order valence-electron chi connectivity index (χ3n) is 5.26. The summed E-state index contributed by atoms with van der Waals surface area (Å²) < 4.78 is 28.2. The van der Waals surface area contributed by atoms with Crippen molar-refractivity contribution in [3.8, 4) is 0 Å². The lowest BCUT2D eigenvalue weighted by atomic mass is 9.99. The number of hydrogen-bond donors (Lipinski definition) is 1. The van der Waals surface area contributed by atoms with Crippen LogP contribution in [0.5, 0.6) is 0 Å². The average Bonchev–Trinajstić information content (AvgIpc) is 3.26. The molecule has 32 heavy (non-hydrogen) atoms. The molecule has 1 aliphatic heterocycles. The van der Waals surface area contributed by atoms with E-state index >= 15 is 0 Å². The van der Waals surface area contributed by atoms with Crippen molar-refractivity contribution in [1.29, 1.82) is 0 Å². The van der Waals surface area contributed by atoms with Crippen LogP contribution in [0.2, 0.25) is 0 Å². The second-order valence-electron chi connectivity index (χ2n) is 7.65. The lowest BCUT2D eigenvalue weighted by Gasteiger charge is -2.31. The van der Waals surface area contributed by atoms with Crippen LogP contribution in [-0.4, -0.2) is 41.9 Å². The summed E-state index contributed by atoms with van der Waals surface area (Å²) in [7, 11) is -3.62. The van der Waals surface area contributed by atoms with Crippen LogP contribution in [0.1, 0.15) is 24.0 Å². The predicted octanol–water partition coefficient (Wildman–Crippen LogP) is 4.18. The molecule has 1 atom stereocenters. The summed E-state index contributed by atoms with van der Waals surface area (Å²) in [5.74, 6) is 0.135. The third-order valence-corrected chi connectivity index (χ3v) is 9.18.